The van der Waals surface area contributed by atoms with E-state index in [1.165, 1.54) is 6.08 Å². The van der Waals surface area contributed by atoms with Crippen molar-refractivity contribution in [2.75, 3.05) is 13.2 Å². The van der Waals surface area contributed by atoms with E-state index in [-0.39, 0.29) is 6.61 Å². The quantitative estimate of drug-likeness (QED) is 0.596. The molecule has 0 atom stereocenters. The summed E-state index contributed by atoms with van der Waals surface area (Å²) in [7, 11) is 0. The first-order valence-electron chi connectivity index (χ1n) is 7.11. The van der Waals surface area contributed by atoms with Crippen LogP contribution in [0.2, 0.25) is 0 Å². The number of esters is 1. The third-order valence-electron chi connectivity index (χ3n) is 3.23. The highest BCUT2D eigenvalue weighted by Gasteiger charge is 2.15. The van der Waals surface area contributed by atoms with E-state index in [0.717, 1.165) is 15.8 Å². The molecule has 0 spiro atoms. The van der Waals surface area contributed by atoms with Gasteiger partial charge < -0.3 is 18.6 Å². The first-order valence-corrected chi connectivity index (χ1v) is 7.90. The van der Waals surface area contributed by atoms with Gasteiger partial charge in [-0.25, -0.2) is 4.79 Å². The summed E-state index contributed by atoms with van der Waals surface area (Å²) < 4.78 is 22.4. The Balaban J connectivity index is 1.61. The molecular weight excluding hydrogens is 364 g/mol. The topological polar surface area (TPSA) is 57.9 Å². The first kappa shape index (κ1) is 15.7. The fraction of sp³-hybridized carbons (Fsp3) is 0.235. The Morgan fingerprint density at radius 3 is 2.70 bits per heavy atom. The predicted molar refractivity (Wildman–Crippen MR) is 87.4 cm³/mol. The van der Waals surface area contributed by atoms with Crippen molar-refractivity contribution in [3.8, 4) is 11.5 Å². The number of aryl methyl sites for hydroxylation is 1. The largest absolute Gasteiger partial charge is 0.486 e. The number of benzene rings is 1. The maximum absolute atomic E-state index is 11.8. The third kappa shape index (κ3) is 3.96. The number of hydrogen-bond acceptors (Lipinski definition) is 5. The molecule has 1 aliphatic heterocycles. The molecule has 0 saturated carbocycles. The Hall–Kier alpha value is -2.21. The number of furan rings is 1. The Bertz CT molecular complexity index is 747. The van der Waals surface area contributed by atoms with Crippen molar-refractivity contribution in [1.82, 2.24) is 0 Å². The van der Waals surface area contributed by atoms with Gasteiger partial charge in [-0.2, -0.15) is 0 Å². The molecule has 6 heteroatoms. The highest BCUT2D eigenvalue weighted by molar-refractivity contribution is 9.10. The van der Waals surface area contributed by atoms with Crippen LogP contribution >= 0.6 is 15.9 Å². The van der Waals surface area contributed by atoms with Gasteiger partial charge in [-0.3, -0.25) is 0 Å². The van der Waals surface area contributed by atoms with E-state index < -0.39 is 5.97 Å². The Labute approximate surface area is 142 Å². The minimum absolute atomic E-state index is 0.136. The minimum atomic E-state index is -0.444. The lowest BCUT2D eigenvalue weighted by Gasteiger charge is -2.19. The second kappa shape index (κ2) is 6.91. The monoisotopic (exact) mass is 378 g/mol. The van der Waals surface area contributed by atoms with Crippen LogP contribution in [-0.4, -0.2) is 19.2 Å². The molecule has 1 aliphatic rings. The lowest BCUT2D eigenvalue weighted by molar-refractivity contribution is -0.138. The molecule has 0 N–H and O–H groups in total. The van der Waals surface area contributed by atoms with Crippen LogP contribution in [0.15, 0.2) is 39.2 Å². The minimum Gasteiger partial charge on any atom is -0.486 e. The van der Waals surface area contributed by atoms with Gasteiger partial charge in [0, 0.05) is 16.1 Å². The van der Waals surface area contributed by atoms with E-state index in [9.17, 15) is 4.79 Å². The summed E-state index contributed by atoms with van der Waals surface area (Å²) in [6.45, 7) is 3.02. The molecule has 0 radical (unpaired) electrons. The summed E-state index contributed by atoms with van der Waals surface area (Å²) >= 11 is 3.44. The molecule has 3 rings (SSSR count). The highest BCUT2D eigenvalue weighted by Crippen LogP contribution is 2.35. The number of carbonyl (C=O) groups excluding carboxylic acids is 1. The molecule has 23 heavy (non-hydrogen) atoms. The maximum Gasteiger partial charge on any atom is 0.331 e. The summed E-state index contributed by atoms with van der Waals surface area (Å²) in [4.78, 5) is 11.8. The first-order chi connectivity index (χ1) is 11.1. The average Bonchev–Trinajstić information content (AvgIpc) is 2.96. The van der Waals surface area contributed by atoms with Crippen molar-refractivity contribution in [3.05, 3.63) is 51.9 Å². The van der Waals surface area contributed by atoms with E-state index in [2.05, 4.69) is 15.9 Å². The second-order valence-electron chi connectivity index (χ2n) is 4.98. The van der Waals surface area contributed by atoms with Crippen LogP contribution in [-0.2, 0) is 16.1 Å². The van der Waals surface area contributed by atoms with Crippen molar-refractivity contribution in [1.29, 1.82) is 0 Å². The third-order valence-corrected chi connectivity index (χ3v) is 3.96. The van der Waals surface area contributed by atoms with Gasteiger partial charge in [0.25, 0.3) is 0 Å². The Morgan fingerprint density at radius 2 is 2.00 bits per heavy atom. The lowest BCUT2D eigenvalue weighted by atomic mass is 10.2. The molecule has 1 aromatic carbocycles. The number of halogens is 1. The van der Waals surface area contributed by atoms with Crippen LogP contribution in [0.5, 0.6) is 11.5 Å². The second-order valence-corrected chi connectivity index (χ2v) is 5.83. The van der Waals surface area contributed by atoms with E-state index in [1.807, 2.05) is 25.1 Å². The molecule has 2 heterocycles. The predicted octanol–water partition coefficient (Wildman–Crippen LogP) is 3.88. The molecule has 0 bridgehead atoms. The molecule has 0 aliphatic carbocycles. The average molecular weight is 379 g/mol. The number of carbonyl (C=O) groups is 1. The smallest absolute Gasteiger partial charge is 0.331 e. The van der Waals surface area contributed by atoms with E-state index in [1.54, 1.807) is 12.1 Å². The summed E-state index contributed by atoms with van der Waals surface area (Å²) in [5, 5.41) is 0. The summed E-state index contributed by atoms with van der Waals surface area (Å²) in [6.07, 6.45) is 2.92. The number of rotatable bonds is 4. The Kier molecular flexibility index (Phi) is 4.71. The van der Waals surface area contributed by atoms with Crippen LogP contribution in [0.4, 0.5) is 0 Å². The van der Waals surface area contributed by atoms with Crippen LogP contribution < -0.4 is 9.47 Å². The van der Waals surface area contributed by atoms with E-state index in [0.29, 0.717) is 30.5 Å². The number of fused-ring (bicyclic) bond motifs is 1. The molecule has 2 aromatic rings. The molecule has 0 unspecified atom stereocenters. The number of hydrogen-bond donors (Lipinski definition) is 0. The molecule has 120 valence electrons. The van der Waals surface area contributed by atoms with Gasteiger partial charge in [-0.15, -0.1) is 0 Å². The Morgan fingerprint density at radius 1 is 1.26 bits per heavy atom. The molecule has 0 saturated heterocycles. The molecule has 5 nitrogen and oxygen atoms in total. The molecule has 0 fully saturated rings. The van der Waals surface area contributed by atoms with Crippen molar-refractivity contribution in [2.24, 2.45) is 0 Å². The molecule has 0 amide bonds. The zero-order valence-corrected chi connectivity index (χ0v) is 14.1. The van der Waals surface area contributed by atoms with Crippen LogP contribution in [0.3, 0.4) is 0 Å². The van der Waals surface area contributed by atoms with Crippen molar-refractivity contribution in [3.63, 3.8) is 0 Å². The van der Waals surface area contributed by atoms with E-state index in [4.69, 9.17) is 18.6 Å². The lowest BCUT2D eigenvalue weighted by Crippen LogP contribution is -2.15. The van der Waals surface area contributed by atoms with Crippen molar-refractivity contribution in [2.45, 2.75) is 13.5 Å². The normalized spacial score (nSPS) is 13.3. The standard InChI is InChI=1S/C17H15BrO5/c1-11-2-3-13(23-11)4-5-17(19)22-10-12-8-15-16(9-14(12)18)21-7-6-20-15/h2-5,8-9H,6-7,10H2,1H3/b5-4+. The fourth-order valence-corrected chi connectivity index (χ4v) is 2.54. The zero-order valence-electron chi connectivity index (χ0n) is 12.5. The molecular formula is C17H15BrO5. The van der Waals surface area contributed by atoms with Crippen molar-refractivity contribution < 1.29 is 23.4 Å². The van der Waals surface area contributed by atoms with Crippen LogP contribution in [0, 0.1) is 6.92 Å². The van der Waals surface area contributed by atoms with Gasteiger partial charge in [0.15, 0.2) is 11.5 Å². The summed E-state index contributed by atoms with van der Waals surface area (Å²) in [6, 6.07) is 7.25. The molecule has 1 aromatic heterocycles. The van der Waals surface area contributed by atoms with Crippen LogP contribution in [0.25, 0.3) is 6.08 Å². The van der Waals surface area contributed by atoms with Gasteiger partial charge in [-0.1, -0.05) is 15.9 Å². The number of ether oxygens (including phenoxy) is 3. The summed E-state index contributed by atoms with van der Waals surface area (Å²) in [5.74, 6) is 2.30. The SMILES string of the molecule is Cc1ccc(/C=C/C(=O)OCc2cc3c(cc2Br)OCCO3)o1. The van der Waals surface area contributed by atoms with Gasteiger partial charge in [0.1, 0.15) is 31.3 Å². The van der Waals surface area contributed by atoms with Gasteiger partial charge >= 0.3 is 5.97 Å². The van der Waals surface area contributed by atoms with Gasteiger partial charge in [0.05, 0.1) is 0 Å². The van der Waals surface area contributed by atoms with Crippen LogP contribution in [0.1, 0.15) is 17.1 Å². The highest BCUT2D eigenvalue weighted by atomic mass is 79.9. The fourth-order valence-electron chi connectivity index (χ4n) is 2.11. The zero-order chi connectivity index (χ0) is 16.2. The van der Waals surface area contributed by atoms with E-state index >= 15 is 0 Å². The van der Waals surface area contributed by atoms with Gasteiger partial charge in [-0.05, 0) is 37.3 Å². The van der Waals surface area contributed by atoms with Gasteiger partial charge in [0.2, 0.25) is 0 Å². The van der Waals surface area contributed by atoms with Crippen molar-refractivity contribution >= 4 is 28.0 Å². The maximum atomic E-state index is 11.8. The summed E-state index contributed by atoms with van der Waals surface area (Å²) in [5.41, 5.74) is 0.810.